The molecular formula is C13H14N2S. The fourth-order valence-corrected chi connectivity index (χ4v) is 2.34. The molecule has 2 rings (SSSR count). The Morgan fingerprint density at radius 2 is 2.38 bits per heavy atom. The van der Waals surface area contributed by atoms with Crippen LogP contribution in [-0.2, 0) is 6.54 Å². The Morgan fingerprint density at radius 3 is 2.94 bits per heavy atom. The van der Waals surface area contributed by atoms with E-state index in [0.29, 0.717) is 12.5 Å². The number of rotatable bonds is 3. The summed E-state index contributed by atoms with van der Waals surface area (Å²) in [5.41, 5.74) is 2.22. The van der Waals surface area contributed by atoms with Crippen LogP contribution in [0.2, 0.25) is 0 Å². The number of hydrogen-bond acceptors (Lipinski definition) is 2. The highest BCUT2D eigenvalue weighted by molar-refractivity contribution is 7.13. The van der Waals surface area contributed by atoms with E-state index in [2.05, 4.69) is 42.4 Å². The number of thiophene rings is 1. The van der Waals surface area contributed by atoms with Gasteiger partial charge in [0.15, 0.2) is 0 Å². The zero-order valence-corrected chi connectivity index (χ0v) is 10.3. The van der Waals surface area contributed by atoms with Gasteiger partial charge >= 0.3 is 0 Å². The highest BCUT2D eigenvalue weighted by atomic mass is 32.1. The topological polar surface area (TPSA) is 17.8 Å². The molecule has 82 valence electrons. The lowest BCUT2D eigenvalue weighted by Crippen LogP contribution is -2.04. The fraction of sp³-hybridized carbons (Fsp3) is 0.308. The van der Waals surface area contributed by atoms with Crippen molar-refractivity contribution in [1.82, 2.24) is 9.78 Å². The van der Waals surface area contributed by atoms with E-state index in [1.54, 1.807) is 11.3 Å². The van der Waals surface area contributed by atoms with Gasteiger partial charge in [-0.25, -0.2) is 0 Å². The summed E-state index contributed by atoms with van der Waals surface area (Å²) in [4.78, 5) is 1.19. The molecule has 2 aromatic rings. The van der Waals surface area contributed by atoms with Crippen molar-refractivity contribution in [3.8, 4) is 22.9 Å². The maximum Gasteiger partial charge on any atom is 0.103 e. The Labute approximate surface area is 99.9 Å². The molecule has 0 aliphatic carbocycles. The van der Waals surface area contributed by atoms with Gasteiger partial charge in [0.1, 0.15) is 12.2 Å². The predicted octanol–water partition coefficient (Wildman–Crippen LogP) is 3.37. The van der Waals surface area contributed by atoms with Crippen LogP contribution in [-0.4, -0.2) is 9.78 Å². The van der Waals surface area contributed by atoms with E-state index >= 15 is 0 Å². The Hall–Kier alpha value is -1.53. The molecule has 0 unspecified atom stereocenters. The Morgan fingerprint density at radius 1 is 1.56 bits per heavy atom. The molecule has 2 heterocycles. The van der Waals surface area contributed by atoms with Gasteiger partial charge in [0.25, 0.3) is 0 Å². The van der Waals surface area contributed by atoms with E-state index < -0.39 is 0 Å². The summed E-state index contributed by atoms with van der Waals surface area (Å²) < 4.78 is 1.92. The lowest BCUT2D eigenvalue weighted by molar-refractivity contribution is 0.638. The van der Waals surface area contributed by atoms with Crippen LogP contribution in [0.25, 0.3) is 10.6 Å². The van der Waals surface area contributed by atoms with Crippen LogP contribution in [0.3, 0.4) is 0 Å². The molecule has 16 heavy (non-hydrogen) atoms. The van der Waals surface area contributed by atoms with E-state index in [0.717, 1.165) is 5.69 Å². The minimum atomic E-state index is 0.439. The van der Waals surface area contributed by atoms with Gasteiger partial charge in [-0.05, 0) is 23.4 Å². The average Bonchev–Trinajstić information content (AvgIpc) is 2.83. The lowest BCUT2D eigenvalue weighted by atomic mass is 10.1. The summed E-state index contributed by atoms with van der Waals surface area (Å²) in [6.45, 7) is 4.85. The first-order valence-electron chi connectivity index (χ1n) is 5.27. The van der Waals surface area contributed by atoms with E-state index in [1.807, 2.05) is 10.7 Å². The van der Waals surface area contributed by atoms with E-state index in [4.69, 9.17) is 6.42 Å². The van der Waals surface area contributed by atoms with Crippen molar-refractivity contribution in [3.05, 3.63) is 29.3 Å². The molecule has 2 nitrogen and oxygen atoms in total. The van der Waals surface area contributed by atoms with Gasteiger partial charge in [0.2, 0.25) is 0 Å². The molecule has 0 N–H and O–H groups in total. The molecular weight excluding hydrogens is 216 g/mol. The maximum atomic E-state index is 5.35. The van der Waals surface area contributed by atoms with E-state index in [9.17, 15) is 0 Å². The van der Waals surface area contributed by atoms with Crippen molar-refractivity contribution >= 4 is 11.3 Å². The Kier molecular flexibility index (Phi) is 3.12. The number of nitrogens with zero attached hydrogens (tertiary/aromatic N) is 2. The second kappa shape index (κ2) is 4.54. The van der Waals surface area contributed by atoms with Gasteiger partial charge in [-0.3, -0.25) is 4.68 Å². The van der Waals surface area contributed by atoms with Gasteiger partial charge in [-0.2, -0.15) is 5.10 Å². The molecule has 0 atom stereocenters. The molecule has 0 saturated carbocycles. The predicted molar refractivity (Wildman–Crippen MR) is 68.5 cm³/mol. The van der Waals surface area contributed by atoms with E-state index in [-0.39, 0.29) is 0 Å². The smallest absolute Gasteiger partial charge is 0.103 e. The number of hydrogen-bond donors (Lipinski definition) is 0. The van der Waals surface area contributed by atoms with Crippen molar-refractivity contribution in [2.45, 2.75) is 26.3 Å². The first kappa shape index (κ1) is 11.0. The minimum absolute atomic E-state index is 0.439. The molecule has 0 aliphatic rings. The molecule has 0 spiro atoms. The van der Waals surface area contributed by atoms with Gasteiger partial charge in [0.05, 0.1) is 4.88 Å². The van der Waals surface area contributed by atoms with Crippen LogP contribution in [0.5, 0.6) is 0 Å². The summed E-state index contributed by atoms with van der Waals surface area (Å²) in [5, 5.41) is 6.61. The SMILES string of the molecule is C#CCn1nc(-c2cccs2)cc1C(C)C. The lowest BCUT2D eigenvalue weighted by Gasteiger charge is -2.05. The molecule has 0 aromatic carbocycles. The van der Waals surface area contributed by atoms with Gasteiger partial charge < -0.3 is 0 Å². The quantitative estimate of drug-likeness (QED) is 0.739. The molecule has 0 aliphatic heterocycles. The fourth-order valence-electron chi connectivity index (χ4n) is 1.65. The largest absolute Gasteiger partial charge is 0.257 e. The third-order valence-corrected chi connectivity index (χ3v) is 3.31. The molecule has 0 fully saturated rings. The van der Waals surface area contributed by atoms with Gasteiger partial charge in [-0.15, -0.1) is 17.8 Å². The van der Waals surface area contributed by atoms with Crippen molar-refractivity contribution in [1.29, 1.82) is 0 Å². The highest BCUT2D eigenvalue weighted by Crippen LogP contribution is 2.26. The second-order valence-corrected chi connectivity index (χ2v) is 4.90. The molecule has 0 bridgehead atoms. The Bertz CT molecular complexity index is 501. The van der Waals surface area contributed by atoms with Crippen LogP contribution < -0.4 is 0 Å². The minimum Gasteiger partial charge on any atom is -0.257 e. The molecule has 2 aromatic heterocycles. The summed E-state index contributed by atoms with van der Waals surface area (Å²) >= 11 is 1.70. The van der Waals surface area contributed by atoms with Crippen molar-refractivity contribution in [3.63, 3.8) is 0 Å². The maximum absolute atomic E-state index is 5.35. The first-order valence-corrected chi connectivity index (χ1v) is 6.15. The number of terminal acetylenes is 1. The summed E-state index contributed by atoms with van der Waals surface area (Å²) in [6.07, 6.45) is 5.35. The summed E-state index contributed by atoms with van der Waals surface area (Å²) in [6, 6.07) is 6.25. The molecule has 0 saturated heterocycles. The van der Waals surface area contributed by atoms with Crippen LogP contribution in [0.4, 0.5) is 0 Å². The van der Waals surface area contributed by atoms with Crippen molar-refractivity contribution in [2.75, 3.05) is 0 Å². The van der Waals surface area contributed by atoms with Crippen LogP contribution in [0.15, 0.2) is 23.6 Å². The summed E-state index contributed by atoms with van der Waals surface area (Å²) in [5.74, 6) is 3.08. The monoisotopic (exact) mass is 230 g/mol. The Balaban J connectivity index is 2.43. The zero-order valence-electron chi connectivity index (χ0n) is 9.47. The van der Waals surface area contributed by atoms with E-state index in [1.165, 1.54) is 10.6 Å². The second-order valence-electron chi connectivity index (χ2n) is 3.95. The number of aromatic nitrogens is 2. The van der Waals surface area contributed by atoms with Gasteiger partial charge in [0, 0.05) is 5.69 Å². The van der Waals surface area contributed by atoms with Crippen molar-refractivity contribution in [2.24, 2.45) is 0 Å². The zero-order chi connectivity index (χ0) is 11.5. The summed E-state index contributed by atoms with van der Waals surface area (Å²) in [7, 11) is 0. The third kappa shape index (κ3) is 2.02. The van der Waals surface area contributed by atoms with Gasteiger partial charge in [-0.1, -0.05) is 25.8 Å². The van der Waals surface area contributed by atoms with Crippen LogP contribution >= 0.6 is 11.3 Å². The molecule has 3 heteroatoms. The van der Waals surface area contributed by atoms with Crippen LogP contribution in [0, 0.1) is 12.3 Å². The standard InChI is InChI=1S/C13H14N2S/c1-4-7-15-12(10(2)3)9-11(14-15)13-6-5-8-16-13/h1,5-6,8-10H,7H2,2-3H3. The molecule has 0 amide bonds. The normalized spacial score (nSPS) is 10.6. The van der Waals surface area contributed by atoms with Crippen molar-refractivity contribution < 1.29 is 0 Å². The first-order chi connectivity index (χ1) is 7.72. The molecule has 0 radical (unpaired) electrons. The third-order valence-electron chi connectivity index (χ3n) is 2.42. The highest BCUT2D eigenvalue weighted by Gasteiger charge is 2.12. The van der Waals surface area contributed by atoms with Crippen LogP contribution in [0.1, 0.15) is 25.5 Å². The average molecular weight is 230 g/mol.